The summed E-state index contributed by atoms with van der Waals surface area (Å²) in [5.41, 5.74) is -0.482. The fraction of sp³-hybridized carbons (Fsp3) is 0.167. The molecule has 1 aromatic carbocycles. The van der Waals surface area contributed by atoms with Crippen LogP contribution in [0.2, 0.25) is 0 Å². The third kappa shape index (κ3) is 4.18. The lowest BCUT2D eigenvalue weighted by molar-refractivity contribution is -0.380. The molecule has 0 saturated carbocycles. The van der Waals surface area contributed by atoms with Crippen molar-refractivity contribution < 1.29 is 18.1 Å². The highest BCUT2D eigenvalue weighted by molar-refractivity contribution is 9.10. The lowest BCUT2D eigenvalue weighted by atomic mass is 10.2. The van der Waals surface area contributed by atoms with Crippen LogP contribution in [-0.2, 0) is 12.7 Å². The van der Waals surface area contributed by atoms with E-state index >= 15 is 0 Å². The summed E-state index contributed by atoms with van der Waals surface area (Å²) in [6.07, 6.45) is -4.43. The number of rotatable bonds is 4. The Morgan fingerprint density at radius 3 is 2.57 bits per heavy atom. The van der Waals surface area contributed by atoms with Crippen LogP contribution in [0.5, 0.6) is 0 Å². The zero-order valence-electron chi connectivity index (χ0n) is 10.3. The maximum absolute atomic E-state index is 12.7. The molecule has 1 N–H and O–H groups in total. The molecule has 0 fully saturated rings. The molecule has 1 aromatic heterocycles. The van der Waals surface area contributed by atoms with E-state index in [0.29, 0.717) is 9.35 Å². The molecule has 0 spiro atoms. The van der Waals surface area contributed by atoms with E-state index in [1.165, 1.54) is 12.1 Å². The Labute approximate surface area is 129 Å². The van der Waals surface area contributed by atoms with Crippen molar-refractivity contribution in [3.8, 4) is 0 Å². The summed E-state index contributed by atoms with van der Waals surface area (Å²) in [4.78, 5) is 10.7. The number of hydrogen-bond donors (Lipinski definition) is 1. The van der Waals surface area contributed by atoms with Gasteiger partial charge in [0.05, 0.1) is 10.5 Å². The van der Waals surface area contributed by atoms with Gasteiger partial charge in [0.1, 0.15) is 0 Å². The smallest absolute Gasteiger partial charge is 0.380 e. The van der Waals surface area contributed by atoms with Gasteiger partial charge in [-0.15, -0.1) is 0 Å². The predicted octanol–water partition coefficient (Wildman–Crippen LogP) is 5.05. The van der Waals surface area contributed by atoms with E-state index in [0.717, 1.165) is 23.5 Å². The number of nitrogens with one attached hydrogen (secondary N) is 1. The maximum atomic E-state index is 12.7. The van der Waals surface area contributed by atoms with E-state index in [4.69, 9.17) is 0 Å². The molecular formula is C12H8BrF3N2O2S. The summed E-state index contributed by atoms with van der Waals surface area (Å²) < 4.78 is 38.3. The van der Waals surface area contributed by atoms with Crippen molar-refractivity contribution in [3.63, 3.8) is 0 Å². The second kappa shape index (κ2) is 6.02. The second-order valence-electron chi connectivity index (χ2n) is 4.08. The summed E-state index contributed by atoms with van der Waals surface area (Å²) >= 11 is 4.01. The number of benzene rings is 1. The minimum Gasteiger partial charge on any atom is -0.380 e. The van der Waals surface area contributed by atoms with Crippen molar-refractivity contribution in [1.82, 2.24) is 0 Å². The number of nitrogens with zero attached hydrogens (tertiary/aromatic N) is 1. The number of anilines is 1. The fourth-order valence-electron chi connectivity index (χ4n) is 1.60. The molecule has 0 aliphatic carbocycles. The van der Waals surface area contributed by atoms with Crippen LogP contribution in [0.4, 0.5) is 23.9 Å². The molecule has 0 radical (unpaired) electrons. The van der Waals surface area contributed by atoms with Gasteiger partial charge in [-0.2, -0.15) is 13.2 Å². The topological polar surface area (TPSA) is 55.2 Å². The standard InChI is InChI=1S/C12H8BrF3N2O2S/c13-8-3-7(12(14,15)16)4-9(5-8)17-6-10-1-2-11(21-10)18(19)20/h1-5,17H,6H2. The third-order valence-electron chi connectivity index (χ3n) is 2.52. The predicted molar refractivity (Wildman–Crippen MR) is 77.4 cm³/mol. The molecule has 0 bridgehead atoms. The van der Waals surface area contributed by atoms with Gasteiger partial charge in [-0.05, 0) is 24.3 Å². The molecule has 112 valence electrons. The van der Waals surface area contributed by atoms with Gasteiger partial charge in [0, 0.05) is 27.6 Å². The number of hydrogen-bond acceptors (Lipinski definition) is 4. The summed E-state index contributed by atoms with van der Waals surface area (Å²) in [5.74, 6) is 0. The first kappa shape index (κ1) is 15.8. The van der Waals surface area contributed by atoms with Gasteiger partial charge < -0.3 is 5.32 Å². The van der Waals surface area contributed by atoms with Gasteiger partial charge >= 0.3 is 11.2 Å². The van der Waals surface area contributed by atoms with E-state index in [1.807, 2.05) is 0 Å². The Bertz CT molecular complexity index is 673. The number of thiophene rings is 1. The van der Waals surface area contributed by atoms with Gasteiger partial charge in [0.25, 0.3) is 0 Å². The van der Waals surface area contributed by atoms with Crippen LogP contribution in [0, 0.1) is 10.1 Å². The first-order valence-corrected chi connectivity index (χ1v) is 7.21. The molecular weight excluding hydrogens is 373 g/mol. The Kier molecular flexibility index (Phi) is 4.52. The molecule has 0 aliphatic rings. The first-order valence-electron chi connectivity index (χ1n) is 5.60. The van der Waals surface area contributed by atoms with Crippen LogP contribution in [-0.4, -0.2) is 4.92 Å². The van der Waals surface area contributed by atoms with Crippen molar-refractivity contribution in [2.24, 2.45) is 0 Å². The molecule has 9 heteroatoms. The largest absolute Gasteiger partial charge is 0.416 e. The number of halogens is 4. The second-order valence-corrected chi connectivity index (χ2v) is 6.14. The van der Waals surface area contributed by atoms with Crippen LogP contribution in [0.15, 0.2) is 34.8 Å². The average molecular weight is 381 g/mol. The third-order valence-corrected chi connectivity index (χ3v) is 4.01. The highest BCUT2D eigenvalue weighted by Crippen LogP contribution is 2.33. The Hall–Kier alpha value is -1.61. The molecule has 0 unspecified atom stereocenters. The van der Waals surface area contributed by atoms with Crippen molar-refractivity contribution in [2.45, 2.75) is 12.7 Å². The normalized spacial score (nSPS) is 11.4. The Balaban J connectivity index is 2.12. The van der Waals surface area contributed by atoms with Crippen LogP contribution >= 0.6 is 27.3 Å². The van der Waals surface area contributed by atoms with Gasteiger partial charge in [-0.3, -0.25) is 10.1 Å². The highest BCUT2D eigenvalue weighted by Gasteiger charge is 2.31. The van der Waals surface area contributed by atoms with Gasteiger partial charge in [-0.25, -0.2) is 0 Å². The molecule has 2 aromatic rings. The molecule has 2 rings (SSSR count). The molecule has 0 aliphatic heterocycles. The molecule has 0 atom stereocenters. The quantitative estimate of drug-likeness (QED) is 0.596. The van der Waals surface area contributed by atoms with Crippen molar-refractivity contribution >= 4 is 38.0 Å². The van der Waals surface area contributed by atoms with E-state index in [9.17, 15) is 23.3 Å². The van der Waals surface area contributed by atoms with E-state index in [2.05, 4.69) is 21.2 Å². The molecule has 0 saturated heterocycles. The maximum Gasteiger partial charge on any atom is 0.416 e. The summed E-state index contributed by atoms with van der Waals surface area (Å²) in [5, 5.41) is 13.4. The van der Waals surface area contributed by atoms with Crippen LogP contribution in [0.25, 0.3) is 0 Å². The summed E-state index contributed by atoms with van der Waals surface area (Å²) in [7, 11) is 0. The Morgan fingerprint density at radius 1 is 1.29 bits per heavy atom. The van der Waals surface area contributed by atoms with Crippen LogP contribution in [0.1, 0.15) is 10.4 Å². The fourth-order valence-corrected chi connectivity index (χ4v) is 2.86. The molecule has 21 heavy (non-hydrogen) atoms. The summed E-state index contributed by atoms with van der Waals surface area (Å²) in [6.45, 7) is 0.215. The lowest BCUT2D eigenvalue weighted by Gasteiger charge is -2.11. The minimum absolute atomic E-state index is 0.00276. The zero-order valence-corrected chi connectivity index (χ0v) is 12.7. The molecule has 4 nitrogen and oxygen atoms in total. The van der Waals surface area contributed by atoms with Crippen molar-refractivity contribution in [1.29, 1.82) is 0 Å². The highest BCUT2D eigenvalue weighted by atomic mass is 79.9. The van der Waals surface area contributed by atoms with E-state index in [-0.39, 0.29) is 17.2 Å². The van der Waals surface area contributed by atoms with E-state index in [1.54, 1.807) is 6.07 Å². The Morgan fingerprint density at radius 2 is 2.00 bits per heavy atom. The molecule has 0 amide bonds. The van der Waals surface area contributed by atoms with Crippen molar-refractivity contribution in [2.75, 3.05) is 5.32 Å². The SMILES string of the molecule is O=[N+]([O-])c1ccc(CNc2cc(Br)cc(C(F)(F)F)c2)s1. The lowest BCUT2D eigenvalue weighted by Crippen LogP contribution is -2.06. The minimum atomic E-state index is -4.43. The molecule has 1 heterocycles. The first-order chi connectivity index (χ1) is 9.75. The van der Waals surface area contributed by atoms with Crippen LogP contribution < -0.4 is 5.32 Å². The average Bonchev–Trinajstić information content (AvgIpc) is 2.83. The number of nitro groups is 1. The van der Waals surface area contributed by atoms with Crippen molar-refractivity contribution in [3.05, 3.63) is 55.4 Å². The van der Waals surface area contributed by atoms with Gasteiger partial charge in [0.2, 0.25) is 0 Å². The van der Waals surface area contributed by atoms with E-state index < -0.39 is 16.7 Å². The van der Waals surface area contributed by atoms with Gasteiger partial charge in [0.15, 0.2) is 0 Å². The zero-order chi connectivity index (χ0) is 15.6. The summed E-state index contributed by atoms with van der Waals surface area (Å²) in [6, 6.07) is 6.42. The van der Waals surface area contributed by atoms with Gasteiger partial charge in [-0.1, -0.05) is 27.3 Å². The van der Waals surface area contributed by atoms with Crippen LogP contribution in [0.3, 0.4) is 0 Å². The number of alkyl halides is 3. The monoisotopic (exact) mass is 380 g/mol.